The highest BCUT2D eigenvalue weighted by molar-refractivity contribution is 6.32. The Balaban J connectivity index is 1.26. The van der Waals surface area contributed by atoms with Gasteiger partial charge in [-0.1, -0.05) is 60.1 Å². The van der Waals surface area contributed by atoms with Crippen molar-refractivity contribution in [3.63, 3.8) is 0 Å². The fourth-order valence-electron chi connectivity index (χ4n) is 6.76. The number of fused-ring (bicyclic) bond motifs is 1. The van der Waals surface area contributed by atoms with Crippen LogP contribution in [0.3, 0.4) is 0 Å². The Hall–Kier alpha value is -5.24. The second-order valence-corrected chi connectivity index (χ2v) is 14.3. The number of aromatic nitrogens is 1. The van der Waals surface area contributed by atoms with Gasteiger partial charge in [0.15, 0.2) is 0 Å². The van der Waals surface area contributed by atoms with Gasteiger partial charge in [-0.15, -0.1) is 0 Å². The third kappa shape index (κ3) is 8.22. The number of carboxylic acid groups (broad SMARTS) is 1. The summed E-state index contributed by atoms with van der Waals surface area (Å²) in [6, 6.07) is 26.4. The van der Waals surface area contributed by atoms with E-state index in [0.717, 1.165) is 40.9 Å². The highest BCUT2D eigenvalue weighted by Crippen LogP contribution is 2.38. The van der Waals surface area contributed by atoms with Gasteiger partial charge in [-0.25, -0.2) is 0 Å². The maximum Gasteiger partial charge on any atom is 0.311 e. The second-order valence-electron chi connectivity index (χ2n) is 13.9. The molecule has 0 radical (unpaired) electrons. The summed E-state index contributed by atoms with van der Waals surface area (Å²) >= 11 is 6.78. The lowest BCUT2D eigenvalue weighted by Crippen LogP contribution is -2.32. The lowest BCUT2D eigenvalue weighted by molar-refractivity contribution is -0.150. The third-order valence-electron chi connectivity index (χ3n) is 10.2. The van der Waals surface area contributed by atoms with Crippen molar-refractivity contribution in [2.24, 2.45) is 11.1 Å². The fraction of sp³-hybridized carbons (Fsp3) is 0.279. The molecule has 6 rings (SSSR count). The van der Waals surface area contributed by atoms with E-state index in [0.29, 0.717) is 33.2 Å². The molecular formula is C43H43ClN4O5. The van der Waals surface area contributed by atoms with Crippen LogP contribution in [0.5, 0.6) is 11.5 Å². The van der Waals surface area contributed by atoms with Crippen molar-refractivity contribution in [1.29, 1.82) is 5.26 Å². The fourth-order valence-corrected chi connectivity index (χ4v) is 7.00. The Morgan fingerprint density at radius 1 is 0.981 bits per heavy atom. The number of aliphatic hydroxyl groups is 1. The molecule has 9 nitrogen and oxygen atoms in total. The monoisotopic (exact) mass is 730 g/mol. The van der Waals surface area contributed by atoms with E-state index in [-0.39, 0.29) is 32.1 Å². The first-order valence-corrected chi connectivity index (χ1v) is 17.9. The number of benzene rings is 4. The van der Waals surface area contributed by atoms with Crippen LogP contribution in [-0.4, -0.2) is 34.3 Å². The van der Waals surface area contributed by atoms with Gasteiger partial charge in [-0.3, -0.25) is 9.78 Å². The van der Waals surface area contributed by atoms with Crippen LogP contribution in [0.4, 0.5) is 0 Å². The number of aliphatic carboxylic acids is 1. The summed E-state index contributed by atoms with van der Waals surface area (Å²) in [6.45, 7) is 7.18. The van der Waals surface area contributed by atoms with E-state index in [4.69, 9.17) is 26.8 Å². The average Bonchev–Trinajstić information content (AvgIpc) is 3.16. The van der Waals surface area contributed by atoms with Crippen LogP contribution in [0.2, 0.25) is 5.02 Å². The summed E-state index contributed by atoms with van der Waals surface area (Å²) in [4.78, 5) is 16.0. The van der Waals surface area contributed by atoms with Crippen molar-refractivity contribution < 1.29 is 24.5 Å². The average molecular weight is 731 g/mol. The van der Waals surface area contributed by atoms with Crippen molar-refractivity contribution in [1.82, 2.24) is 10.3 Å². The Bertz CT molecular complexity index is 2200. The van der Waals surface area contributed by atoms with E-state index >= 15 is 0 Å². The SMILES string of the molecule is Cc1c(COc2cc(OCc3cncc(C#N)c3)c(CC[C@@](C)(CO)C(=O)O)cc2Cl)cccc1-c1cccc(-c2ccc3c(c2)CNCC3N)c1C. The van der Waals surface area contributed by atoms with E-state index < -0.39 is 18.0 Å². The molecule has 5 N–H and O–H groups in total. The molecule has 0 bridgehead atoms. The molecule has 0 saturated heterocycles. The van der Waals surface area contributed by atoms with Crippen LogP contribution in [0.15, 0.2) is 85.2 Å². The molecule has 10 heteroatoms. The zero-order valence-corrected chi connectivity index (χ0v) is 30.8. The topological polar surface area (TPSA) is 151 Å². The van der Waals surface area contributed by atoms with E-state index in [1.165, 1.54) is 35.4 Å². The first-order chi connectivity index (χ1) is 25.5. The minimum atomic E-state index is -1.34. The summed E-state index contributed by atoms with van der Waals surface area (Å²) in [6.07, 6.45) is 3.53. The van der Waals surface area contributed by atoms with Gasteiger partial charge in [-0.05, 0) is 107 Å². The van der Waals surface area contributed by atoms with Crippen LogP contribution in [0, 0.1) is 30.6 Å². The lowest BCUT2D eigenvalue weighted by Gasteiger charge is -2.24. The number of nitriles is 1. The van der Waals surface area contributed by atoms with E-state index in [2.05, 4.69) is 72.7 Å². The number of ether oxygens (including phenoxy) is 2. The second kappa shape index (κ2) is 16.2. The lowest BCUT2D eigenvalue weighted by atomic mass is 9.85. The molecule has 5 aromatic rings. The number of nitrogens with two attached hydrogens (primary N) is 1. The van der Waals surface area contributed by atoms with Crippen molar-refractivity contribution >= 4 is 17.6 Å². The molecule has 0 saturated carbocycles. The molecule has 2 heterocycles. The summed E-state index contributed by atoms with van der Waals surface area (Å²) < 4.78 is 12.6. The van der Waals surface area contributed by atoms with Crippen LogP contribution in [0.1, 0.15) is 63.9 Å². The Kier molecular flexibility index (Phi) is 11.5. The zero-order valence-electron chi connectivity index (χ0n) is 30.1. The minimum Gasteiger partial charge on any atom is -0.488 e. The summed E-state index contributed by atoms with van der Waals surface area (Å²) in [5.74, 6) is -0.230. The molecule has 0 aliphatic carbocycles. The van der Waals surface area contributed by atoms with Gasteiger partial charge in [0.1, 0.15) is 30.8 Å². The Morgan fingerprint density at radius 3 is 2.47 bits per heavy atom. The number of aryl methyl sites for hydroxylation is 1. The van der Waals surface area contributed by atoms with Crippen molar-refractivity contribution in [2.75, 3.05) is 13.2 Å². The molecule has 4 aromatic carbocycles. The smallest absolute Gasteiger partial charge is 0.311 e. The molecule has 2 atom stereocenters. The number of pyridine rings is 1. The Labute approximate surface area is 315 Å². The highest BCUT2D eigenvalue weighted by atomic mass is 35.5. The van der Waals surface area contributed by atoms with Crippen LogP contribution >= 0.6 is 11.6 Å². The predicted octanol–water partition coefficient (Wildman–Crippen LogP) is 7.83. The molecule has 1 aliphatic heterocycles. The maximum absolute atomic E-state index is 11.9. The first kappa shape index (κ1) is 37.5. The van der Waals surface area contributed by atoms with Crippen molar-refractivity contribution in [3.05, 3.63) is 135 Å². The van der Waals surface area contributed by atoms with Gasteiger partial charge in [-0.2, -0.15) is 5.26 Å². The number of carboxylic acids is 1. The van der Waals surface area contributed by atoms with E-state index in [1.54, 1.807) is 24.4 Å². The van der Waals surface area contributed by atoms with E-state index in [1.807, 2.05) is 12.1 Å². The molecular weight excluding hydrogens is 688 g/mol. The standard InChI is InChI=1S/C43H43ClN4O5/c1-26-32(6-4-8-35(26)36-9-5-7-34(27(36)2)30-10-11-37-33(15-30)21-48-22-39(37)46)24-53-41-17-40(52-23-29-14-28(18-45)19-47-20-29)31(16-38(41)44)12-13-43(3,25-49)42(50)51/h4-11,14-17,19-20,39,48-49H,12-13,21-25,46H2,1-3H3,(H,50,51)/t39?,43-/m0/s1. The van der Waals surface area contributed by atoms with Gasteiger partial charge in [0.05, 0.1) is 22.6 Å². The highest BCUT2D eigenvalue weighted by Gasteiger charge is 2.32. The number of aliphatic hydroxyl groups excluding tert-OH is 1. The summed E-state index contributed by atoms with van der Waals surface area (Å²) in [7, 11) is 0. The number of carbonyl (C=O) groups is 1. The molecule has 0 fully saturated rings. The zero-order chi connectivity index (χ0) is 37.7. The normalized spacial score (nSPS) is 14.8. The molecule has 0 amide bonds. The summed E-state index contributed by atoms with van der Waals surface area (Å²) in [5, 5.41) is 32.6. The van der Waals surface area contributed by atoms with Crippen molar-refractivity contribution in [2.45, 2.75) is 59.4 Å². The van der Waals surface area contributed by atoms with E-state index in [9.17, 15) is 20.3 Å². The van der Waals surface area contributed by atoms with Gasteiger partial charge < -0.3 is 30.7 Å². The van der Waals surface area contributed by atoms with Crippen LogP contribution in [-0.2, 0) is 31.0 Å². The predicted molar refractivity (Wildman–Crippen MR) is 206 cm³/mol. The van der Waals surface area contributed by atoms with Crippen molar-refractivity contribution in [3.8, 4) is 39.8 Å². The number of nitrogens with one attached hydrogen (secondary N) is 1. The molecule has 272 valence electrons. The molecule has 0 spiro atoms. The summed E-state index contributed by atoms with van der Waals surface area (Å²) in [5.41, 5.74) is 17.0. The molecule has 53 heavy (non-hydrogen) atoms. The third-order valence-corrected chi connectivity index (χ3v) is 10.5. The number of hydrogen-bond donors (Lipinski definition) is 4. The number of hydrogen-bond acceptors (Lipinski definition) is 8. The van der Waals surface area contributed by atoms with Gasteiger partial charge in [0.25, 0.3) is 0 Å². The van der Waals surface area contributed by atoms with Gasteiger partial charge in [0, 0.05) is 43.2 Å². The molecule has 1 unspecified atom stereocenters. The minimum absolute atomic E-state index is 0.00247. The van der Waals surface area contributed by atoms with Crippen LogP contribution < -0.4 is 20.5 Å². The van der Waals surface area contributed by atoms with Crippen LogP contribution in [0.25, 0.3) is 22.3 Å². The van der Waals surface area contributed by atoms with Gasteiger partial charge in [0.2, 0.25) is 0 Å². The number of halogens is 1. The van der Waals surface area contributed by atoms with Gasteiger partial charge >= 0.3 is 5.97 Å². The first-order valence-electron chi connectivity index (χ1n) is 17.6. The molecule has 1 aliphatic rings. The largest absolute Gasteiger partial charge is 0.488 e. The Morgan fingerprint density at radius 2 is 1.72 bits per heavy atom. The number of nitrogens with zero attached hydrogens (tertiary/aromatic N) is 2. The molecule has 1 aromatic heterocycles. The quantitative estimate of drug-likeness (QED) is 0.0950. The maximum atomic E-state index is 11.9. The number of rotatable bonds is 13.